The van der Waals surface area contributed by atoms with E-state index in [1.807, 2.05) is 0 Å². The number of H-pyrrole nitrogens is 1. The van der Waals surface area contributed by atoms with Crippen LogP contribution in [0.5, 0.6) is 0 Å². The lowest BCUT2D eigenvalue weighted by Gasteiger charge is -2.49. The van der Waals surface area contributed by atoms with Crippen molar-refractivity contribution in [1.82, 2.24) is 25.5 Å². The van der Waals surface area contributed by atoms with Crippen LogP contribution in [-0.4, -0.2) is 83.8 Å². The normalized spacial score (nSPS) is 23.4. The van der Waals surface area contributed by atoms with E-state index in [2.05, 4.69) is 20.6 Å². The van der Waals surface area contributed by atoms with Crippen LogP contribution in [0.2, 0.25) is 0 Å². The predicted molar refractivity (Wildman–Crippen MR) is 133 cm³/mol. The minimum atomic E-state index is -3.65. The molecule has 196 valence electrons. The van der Waals surface area contributed by atoms with Crippen LogP contribution >= 0.6 is 31.1 Å². The molecule has 0 bridgehead atoms. The lowest BCUT2D eigenvalue weighted by Crippen LogP contribution is -2.69. The van der Waals surface area contributed by atoms with Gasteiger partial charge >= 0.3 is 13.6 Å². The Morgan fingerprint density at radius 1 is 1.31 bits per heavy atom. The van der Waals surface area contributed by atoms with E-state index in [4.69, 9.17) is 19.5 Å². The van der Waals surface area contributed by atoms with Gasteiger partial charge in [-0.2, -0.15) is 0 Å². The van der Waals surface area contributed by atoms with Crippen molar-refractivity contribution in [2.45, 2.75) is 81.5 Å². The summed E-state index contributed by atoms with van der Waals surface area (Å²) in [7, 11) is -3.65. The summed E-state index contributed by atoms with van der Waals surface area (Å²) in [4.78, 5) is 27.5. The summed E-state index contributed by atoms with van der Waals surface area (Å²) in [6.45, 7) is 12.5. The van der Waals surface area contributed by atoms with Gasteiger partial charge < -0.3 is 19.5 Å². The summed E-state index contributed by atoms with van der Waals surface area (Å²) < 4.78 is 31.0. The number of nitrogens with zero attached hydrogens (tertiary/aromatic N) is 4. The molecular weight excluding hydrogens is 515 g/mol. The second kappa shape index (κ2) is 10.5. The number of amides is 1. The molecule has 35 heavy (non-hydrogen) atoms. The number of aromatic amines is 1. The average Bonchev–Trinajstić information content (AvgIpc) is 3.22. The number of rotatable bonds is 9. The van der Waals surface area contributed by atoms with Crippen molar-refractivity contribution in [3.05, 3.63) is 11.3 Å². The smallest absolute Gasteiger partial charge is 0.355 e. The molecule has 2 aliphatic rings. The number of nitrogens with one attached hydrogen (secondary N) is 1. The molecule has 0 aromatic carbocycles. The molecule has 3 N–H and O–H groups in total. The minimum absolute atomic E-state index is 0.0789. The van der Waals surface area contributed by atoms with E-state index in [9.17, 15) is 14.2 Å². The maximum absolute atomic E-state index is 13.8. The lowest BCUT2D eigenvalue weighted by molar-refractivity contribution is -0.158. The number of β-lactam (4-membered cyclic amide) rings is 1. The largest absolute Gasteiger partial charge is 0.455 e. The summed E-state index contributed by atoms with van der Waals surface area (Å²) in [6, 6.07) is -0.706. The molecule has 0 spiro atoms. The number of aromatic nitrogens is 4. The Morgan fingerprint density at radius 3 is 2.54 bits per heavy atom. The number of tetrazole rings is 1. The van der Waals surface area contributed by atoms with Gasteiger partial charge in [-0.1, -0.05) is 11.8 Å². The van der Waals surface area contributed by atoms with E-state index in [0.29, 0.717) is 16.5 Å². The van der Waals surface area contributed by atoms with Gasteiger partial charge in [0.1, 0.15) is 22.7 Å². The fourth-order valence-corrected chi connectivity index (χ4v) is 8.78. The van der Waals surface area contributed by atoms with Crippen molar-refractivity contribution >= 4 is 43.0 Å². The molecule has 3 rings (SSSR count). The zero-order valence-corrected chi connectivity index (χ0v) is 23.5. The van der Waals surface area contributed by atoms with Crippen molar-refractivity contribution in [3.63, 3.8) is 0 Å². The second-order valence-corrected chi connectivity index (χ2v) is 14.4. The van der Waals surface area contributed by atoms with Crippen LogP contribution in [0.1, 0.15) is 48.5 Å². The third kappa shape index (κ3) is 6.86. The van der Waals surface area contributed by atoms with Gasteiger partial charge in [-0.15, -0.1) is 16.9 Å². The molecule has 12 nitrogen and oxygen atoms in total. The quantitative estimate of drug-likeness (QED) is 0.201. The standard InChI is InChI=1S/C20H33N6O6PS2/c1-8-30-33(29,32-20(5,6)7)9-12(35-18-22-24-25-23-18)11-10-34-16-13(21)15(27)26(16)14(11)17(28)31-19(2,3)4/h12-13,16H,8-10,21H2,1-7H3,(H,22,23,24,25)/t12?,13?,16-,33?/m0/s1. The number of hydrogen-bond acceptors (Lipinski definition) is 12. The summed E-state index contributed by atoms with van der Waals surface area (Å²) in [6.07, 6.45) is -0.0789. The molecule has 1 amide bonds. The number of hydrogen-bond donors (Lipinski definition) is 2. The minimum Gasteiger partial charge on any atom is -0.455 e. The van der Waals surface area contributed by atoms with Gasteiger partial charge in [0.25, 0.3) is 0 Å². The molecule has 15 heteroatoms. The molecule has 1 aromatic rings. The van der Waals surface area contributed by atoms with Crippen molar-refractivity contribution in [3.8, 4) is 0 Å². The van der Waals surface area contributed by atoms with Crippen molar-refractivity contribution in [2.75, 3.05) is 18.5 Å². The van der Waals surface area contributed by atoms with Crippen LogP contribution in [0.25, 0.3) is 0 Å². The highest BCUT2D eigenvalue weighted by atomic mass is 32.2. The van der Waals surface area contributed by atoms with E-state index < -0.39 is 36.1 Å². The average molecular weight is 549 g/mol. The van der Waals surface area contributed by atoms with E-state index in [0.717, 1.165) is 0 Å². The van der Waals surface area contributed by atoms with Gasteiger partial charge in [0.2, 0.25) is 11.1 Å². The Kier molecular flexibility index (Phi) is 8.45. The van der Waals surface area contributed by atoms with Crippen LogP contribution < -0.4 is 5.73 Å². The molecule has 3 unspecified atom stereocenters. The van der Waals surface area contributed by atoms with Crippen LogP contribution in [0.15, 0.2) is 16.4 Å². The molecule has 1 saturated heterocycles. The summed E-state index contributed by atoms with van der Waals surface area (Å²) in [5.74, 6) is -0.663. The fraction of sp³-hybridized carbons (Fsp3) is 0.750. The number of fused-ring (bicyclic) bond motifs is 1. The first kappa shape index (κ1) is 28.1. The number of carbonyl (C=O) groups is 2. The highest BCUT2D eigenvalue weighted by Crippen LogP contribution is 2.55. The molecule has 0 aliphatic carbocycles. The fourth-order valence-electron chi connectivity index (χ4n) is 3.59. The first-order valence-electron chi connectivity index (χ1n) is 11.2. The molecule has 1 aromatic heterocycles. The summed E-state index contributed by atoms with van der Waals surface area (Å²) in [5.41, 5.74) is 5.13. The number of nitrogens with two attached hydrogens (primary N) is 1. The maximum atomic E-state index is 13.8. The molecule has 3 heterocycles. The Morgan fingerprint density at radius 2 is 2.00 bits per heavy atom. The van der Waals surface area contributed by atoms with Gasteiger partial charge in [0.05, 0.1) is 18.4 Å². The highest BCUT2D eigenvalue weighted by molar-refractivity contribution is 8.01. The first-order chi connectivity index (χ1) is 16.1. The third-order valence-corrected chi connectivity index (χ3v) is 9.72. The molecule has 4 atom stereocenters. The molecule has 0 saturated carbocycles. The van der Waals surface area contributed by atoms with E-state index in [1.54, 1.807) is 48.5 Å². The van der Waals surface area contributed by atoms with Gasteiger partial charge in [0.15, 0.2) is 0 Å². The van der Waals surface area contributed by atoms with E-state index >= 15 is 0 Å². The third-order valence-electron chi connectivity index (χ3n) is 4.73. The van der Waals surface area contributed by atoms with Crippen LogP contribution in [0.3, 0.4) is 0 Å². The van der Waals surface area contributed by atoms with Crippen molar-refractivity contribution in [2.24, 2.45) is 5.73 Å². The highest BCUT2D eigenvalue weighted by Gasteiger charge is 2.53. The number of carbonyl (C=O) groups excluding carboxylic acids is 2. The first-order valence-corrected chi connectivity index (χ1v) is 14.8. The number of ether oxygens (including phenoxy) is 1. The van der Waals surface area contributed by atoms with Gasteiger partial charge in [-0.3, -0.25) is 14.3 Å². The van der Waals surface area contributed by atoms with E-state index in [1.165, 1.54) is 28.4 Å². The molecule has 0 radical (unpaired) electrons. The van der Waals surface area contributed by atoms with Gasteiger partial charge in [0, 0.05) is 11.0 Å². The van der Waals surface area contributed by atoms with E-state index in [-0.39, 0.29) is 29.7 Å². The van der Waals surface area contributed by atoms with Gasteiger partial charge in [-0.25, -0.2) is 9.89 Å². The molecule has 1 fully saturated rings. The Balaban J connectivity index is 2.09. The maximum Gasteiger partial charge on any atom is 0.355 e. The zero-order chi connectivity index (χ0) is 26.2. The second-order valence-electron chi connectivity index (χ2n) is 10.0. The molecular formula is C20H33N6O6PS2. The van der Waals surface area contributed by atoms with Crippen molar-refractivity contribution in [1.29, 1.82) is 0 Å². The lowest BCUT2D eigenvalue weighted by atomic mass is 10.0. The topological polar surface area (TPSA) is 163 Å². The number of thioether (sulfide) groups is 2. The van der Waals surface area contributed by atoms with Crippen LogP contribution in [0.4, 0.5) is 0 Å². The summed E-state index contributed by atoms with van der Waals surface area (Å²) >= 11 is 2.61. The number of esters is 1. The Bertz CT molecular complexity index is 1020. The predicted octanol–water partition coefficient (Wildman–Crippen LogP) is 2.54. The van der Waals surface area contributed by atoms with Crippen LogP contribution in [-0.2, 0) is 27.9 Å². The zero-order valence-electron chi connectivity index (χ0n) is 20.9. The Hall–Kier alpha value is -1.44. The van der Waals surface area contributed by atoms with Gasteiger partial charge in [-0.05, 0) is 64.5 Å². The molecule has 2 aliphatic heterocycles. The Labute approximate surface area is 213 Å². The van der Waals surface area contributed by atoms with Crippen molar-refractivity contribution < 1.29 is 27.9 Å². The van der Waals surface area contributed by atoms with Crippen LogP contribution in [0, 0.1) is 0 Å². The SMILES string of the molecule is CCOP(=O)(CC(Sc1nnn[nH]1)C1=C(C(=O)OC(C)(C)C)N2C(=O)C(N)[C@@H]2SC1)OC(C)(C)C. The summed E-state index contributed by atoms with van der Waals surface area (Å²) in [5, 5.41) is 13.2. The monoisotopic (exact) mass is 548 g/mol.